The van der Waals surface area contributed by atoms with E-state index in [2.05, 4.69) is 55.9 Å². The number of carbonyl (C=O) groups is 2. The van der Waals surface area contributed by atoms with E-state index in [1.807, 2.05) is 12.1 Å². The van der Waals surface area contributed by atoms with Crippen molar-refractivity contribution < 1.29 is 14.7 Å². The van der Waals surface area contributed by atoms with Crippen LogP contribution < -0.4 is 5.32 Å². The van der Waals surface area contributed by atoms with Gasteiger partial charge >= 0.3 is 5.97 Å². The van der Waals surface area contributed by atoms with Crippen LogP contribution in [0.5, 0.6) is 0 Å². The Bertz CT molecular complexity index is 944. The van der Waals surface area contributed by atoms with Gasteiger partial charge in [-0.2, -0.15) is 0 Å². The average molecular weight is 412 g/mol. The number of carbonyl (C=O) groups excluding carboxylic acids is 1. The van der Waals surface area contributed by atoms with Crippen LogP contribution in [0.3, 0.4) is 0 Å². The van der Waals surface area contributed by atoms with Crippen LogP contribution in [0, 0.1) is 23.7 Å². The van der Waals surface area contributed by atoms with Crippen molar-refractivity contribution in [2.24, 2.45) is 30.7 Å². The lowest BCUT2D eigenvalue weighted by atomic mass is 9.69. The van der Waals surface area contributed by atoms with E-state index in [1.165, 1.54) is 5.57 Å². The zero-order valence-electron chi connectivity index (χ0n) is 18.4. The summed E-state index contributed by atoms with van der Waals surface area (Å²) in [6.45, 7) is 7.23. The van der Waals surface area contributed by atoms with E-state index in [-0.39, 0.29) is 24.7 Å². The third-order valence-corrected chi connectivity index (χ3v) is 6.49. The van der Waals surface area contributed by atoms with Gasteiger partial charge in [-0.05, 0) is 49.1 Å². The van der Waals surface area contributed by atoms with Crippen molar-refractivity contribution in [2.75, 3.05) is 6.54 Å². The van der Waals surface area contributed by atoms with E-state index in [4.69, 9.17) is 10.1 Å². The molecule has 0 radical (unpaired) electrons. The minimum atomic E-state index is -0.941. The number of aliphatic carboxylic acids is 1. The zero-order chi connectivity index (χ0) is 21.8. The Morgan fingerprint density at radius 2 is 2.00 bits per heavy atom. The molecule has 1 aromatic carbocycles. The molecule has 0 spiro atoms. The maximum Gasteiger partial charge on any atom is 0.303 e. The molecule has 2 aromatic rings. The number of imidazole rings is 1. The van der Waals surface area contributed by atoms with Gasteiger partial charge in [0.1, 0.15) is 5.82 Å². The number of rotatable bonds is 8. The number of amides is 1. The van der Waals surface area contributed by atoms with Gasteiger partial charge in [-0.1, -0.05) is 37.6 Å². The molecule has 3 rings (SSSR count). The molecule has 1 aromatic heterocycles. The van der Waals surface area contributed by atoms with Gasteiger partial charge < -0.3 is 15.0 Å². The third kappa shape index (κ3) is 5.10. The molecule has 0 bridgehead atoms. The van der Waals surface area contributed by atoms with E-state index >= 15 is 0 Å². The predicted molar refractivity (Wildman–Crippen MR) is 118 cm³/mol. The molecule has 3 atom stereocenters. The fraction of sp³-hybridized carbons (Fsp3) is 0.542. The van der Waals surface area contributed by atoms with Crippen LogP contribution in [0.25, 0.3) is 11.0 Å². The molecule has 30 heavy (non-hydrogen) atoms. The fourth-order valence-electron chi connectivity index (χ4n) is 4.65. The van der Waals surface area contributed by atoms with Crippen molar-refractivity contribution in [3.63, 3.8) is 0 Å². The fourth-order valence-corrected chi connectivity index (χ4v) is 4.65. The molecule has 0 aliphatic heterocycles. The quantitative estimate of drug-likeness (QED) is 0.644. The highest BCUT2D eigenvalue weighted by Gasteiger charge is 2.32. The molecule has 6 heteroatoms. The average Bonchev–Trinajstić information content (AvgIpc) is 3.02. The van der Waals surface area contributed by atoms with Crippen LogP contribution in [0.1, 0.15) is 45.9 Å². The summed E-state index contributed by atoms with van der Waals surface area (Å²) in [5.41, 5.74) is 3.55. The third-order valence-electron chi connectivity index (χ3n) is 6.49. The van der Waals surface area contributed by atoms with Gasteiger partial charge in [0.25, 0.3) is 0 Å². The topological polar surface area (TPSA) is 84.2 Å². The number of para-hydroxylation sites is 2. The van der Waals surface area contributed by atoms with Crippen LogP contribution in [0.15, 0.2) is 35.9 Å². The van der Waals surface area contributed by atoms with E-state index in [0.29, 0.717) is 24.3 Å². The number of fused-ring (bicyclic) bond motifs is 1. The lowest BCUT2D eigenvalue weighted by molar-refractivity contribution is -0.138. The predicted octanol–water partition coefficient (Wildman–Crippen LogP) is 3.95. The Morgan fingerprint density at radius 1 is 1.27 bits per heavy atom. The van der Waals surface area contributed by atoms with Crippen molar-refractivity contribution >= 4 is 22.9 Å². The highest BCUT2D eigenvalue weighted by Crippen LogP contribution is 2.38. The summed E-state index contributed by atoms with van der Waals surface area (Å²) in [4.78, 5) is 27.5. The summed E-state index contributed by atoms with van der Waals surface area (Å²) in [6.07, 6.45) is 4.21. The second-order valence-electron chi connectivity index (χ2n) is 8.89. The van der Waals surface area contributed by atoms with E-state index in [1.54, 1.807) is 0 Å². The van der Waals surface area contributed by atoms with Crippen LogP contribution in [0.4, 0.5) is 0 Å². The number of hydrogen-bond acceptors (Lipinski definition) is 3. The SMILES string of the molecule is CC1=CC(CNC(=O)CCC(=O)O)C(C(C)C)CC1Cc1nc2ccccc2n1C. The van der Waals surface area contributed by atoms with Crippen molar-refractivity contribution in [1.82, 2.24) is 14.9 Å². The van der Waals surface area contributed by atoms with Crippen LogP contribution >= 0.6 is 0 Å². The van der Waals surface area contributed by atoms with Crippen molar-refractivity contribution in [3.05, 3.63) is 41.7 Å². The number of aromatic nitrogens is 2. The minimum Gasteiger partial charge on any atom is -0.481 e. The van der Waals surface area contributed by atoms with Gasteiger partial charge in [-0.25, -0.2) is 4.98 Å². The maximum atomic E-state index is 12.0. The number of allylic oxidation sites excluding steroid dienone is 1. The molecule has 1 amide bonds. The molecule has 2 N–H and O–H groups in total. The molecule has 0 fully saturated rings. The number of carboxylic acids is 1. The summed E-state index contributed by atoms with van der Waals surface area (Å²) in [6, 6.07) is 8.23. The monoisotopic (exact) mass is 411 g/mol. The summed E-state index contributed by atoms with van der Waals surface area (Å²) in [7, 11) is 2.09. The molecule has 1 heterocycles. The first-order valence-corrected chi connectivity index (χ1v) is 10.8. The summed E-state index contributed by atoms with van der Waals surface area (Å²) < 4.78 is 2.20. The number of nitrogens with zero attached hydrogens (tertiary/aromatic N) is 2. The summed E-state index contributed by atoms with van der Waals surface area (Å²) in [5.74, 6) is 1.65. The molecule has 6 nitrogen and oxygen atoms in total. The number of carboxylic acid groups (broad SMARTS) is 1. The van der Waals surface area contributed by atoms with Gasteiger partial charge in [0, 0.05) is 26.4 Å². The van der Waals surface area contributed by atoms with Crippen molar-refractivity contribution in [1.29, 1.82) is 0 Å². The second-order valence-corrected chi connectivity index (χ2v) is 8.89. The standard InChI is InChI=1S/C24H33N3O3/c1-15(2)19-12-17(13-22-26-20-7-5-6-8-21(20)27(22)4)16(3)11-18(19)14-25-23(28)9-10-24(29)30/h5-8,11,15,17-19H,9-10,12-14H2,1-4H3,(H,25,28)(H,29,30). The largest absolute Gasteiger partial charge is 0.481 e. The first-order valence-electron chi connectivity index (χ1n) is 10.8. The molecular weight excluding hydrogens is 378 g/mol. The van der Waals surface area contributed by atoms with Crippen molar-refractivity contribution in [2.45, 2.75) is 46.5 Å². The van der Waals surface area contributed by atoms with E-state index < -0.39 is 5.97 Å². The Kier molecular flexibility index (Phi) is 6.95. The van der Waals surface area contributed by atoms with Crippen LogP contribution in [0.2, 0.25) is 0 Å². The Hall–Kier alpha value is -2.63. The Morgan fingerprint density at radius 3 is 2.67 bits per heavy atom. The molecular formula is C24H33N3O3. The highest BCUT2D eigenvalue weighted by atomic mass is 16.4. The molecule has 1 aliphatic carbocycles. The normalized spacial score (nSPS) is 21.6. The number of hydrogen-bond donors (Lipinski definition) is 2. The Balaban J connectivity index is 1.70. The van der Waals surface area contributed by atoms with E-state index in [9.17, 15) is 9.59 Å². The molecule has 0 saturated carbocycles. The molecule has 3 unspecified atom stereocenters. The zero-order valence-corrected chi connectivity index (χ0v) is 18.4. The van der Waals surface area contributed by atoms with Crippen LogP contribution in [-0.4, -0.2) is 33.1 Å². The van der Waals surface area contributed by atoms with Gasteiger partial charge in [0.15, 0.2) is 0 Å². The molecule has 162 valence electrons. The first-order chi connectivity index (χ1) is 14.3. The van der Waals surface area contributed by atoms with Gasteiger partial charge in [-0.15, -0.1) is 0 Å². The molecule has 1 aliphatic rings. The lowest BCUT2D eigenvalue weighted by Crippen LogP contribution is -2.37. The van der Waals surface area contributed by atoms with Gasteiger partial charge in [0.05, 0.1) is 17.5 Å². The number of nitrogens with one attached hydrogen (secondary N) is 1. The highest BCUT2D eigenvalue weighted by molar-refractivity contribution is 5.80. The van der Waals surface area contributed by atoms with Gasteiger partial charge in [-0.3, -0.25) is 9.59 Å². The molecule has 0 saturated heterocycles. The van der Waals surface area contributed by atoms with E-state index in [0.717, 1.165) is 29.7 Å². The lowest BCUT2D eigenvalue weighted by Gasteiger charge is -2.37. The Labute approximate surface area is 178 Å². The van der Waals surface area contributed by atoms with Crippen LogP contribution in [-0.2, 0) is 23.1 Å². The van der Waals surface area contributed by atoms with Gasteiger partial charge in [0.2, 0.25) is 5.91 Å². The first kappa shape index (κ1) is 22.1. The summed E-state index contributed by atoms with van der Waals surface area (Å²) in [5, 5.41) is 11.7. The summed E-state index contributed by atoms with van der Waals surface area (Å²) >= 11 is 0. The van der Waals surface area contributed by atoms with Crippen molar-refractivity contribution in [3.8, 4) is 0 Å². The number of benzene rings is 1. The number of aryl methyl sites for hydroxylation is 1. The smallest absolute Gasteiger partial charge is 0.303 e. The second kappa shape index (κ2) is 9.45. The minimum absolute atomic E-state index is 0.0342. The maximum absolute atomic E-state index is 12.0.